The molecule has 1 aliphatic heterocycles. The van der Waals surface area contributed by atoms with E-state index >= 15 is 0 Å². The molecular formula is C17H19N7O3S2. The number of nitrogens with one attached hydrogen (secondary N) is 1. The van der Waals surface area contributed by atoms with Gasteiger partial charge in [0.2, 0.25) is 11.9 Å². The van der Waals surface area contributed by atoms with Crippen LogP contribution in [0.1, 0.15) is 17.8 Å². The van der Waals surface area contributed by atoms with Gasteiger partial charge >= 0.3 is 0 Å². The summed E-state index contributed by atoms with van der Waals surface area (Å²) >= 11 is 1.44. The van der Waals surface area contributed by atoms with Crippen molar-refractivity contribution in [1.29, 1.82) is 0 Å². The summed E-state index contributed by atoms with van der Waals surface area (Å²) in [5.41, 5.74) is 1.36. The Bertz CT molecular complexity index is 1170. The van der Waals surface area contributed by atoms with Crippen LogP contribution in [0, 0.1) is 5.92 Å². The first-order valence-corrected chi connectivity index (χ1v) is 12.0. The van der Waals surface area contributed by atoms with Crippen LogP contribution in [0.3, 0.4) is 0 Å². The van der Waals surface area contributed by atoms with Crippen LogP contribution in [0.15, 0.2) is 18.2 Å². The summed E-state index contributed by atoms with van der Waals surface area (Å²) in [5, 5.41) is 17.2. The molecule has 10 nitrogen and oxygen atoms in total. The van der Waals surface area contributed by atoms with Gasteiger partial charge in [-0.25, -0.2) is 12.9 Å². The first kappa shape index (κ1) is 18.6. The van der Waals surface area contributed by atoms with E-state index in [9.17, 15) is 13.2 Å². The van der Waals surface area contributed by atoms with Gasteiger partial charge in [0.05, 0.1) is 18.1 Å². The van der Waals surface area contributed by atoms with Gasteiger partial charge in [-0.3, -0.25) is 15.0 Å². The van der Waals surface area contributed by atoms with Gasteiger partial charge < -0.3 is 0 Å². The van der Waals surface area contributed by atoms with Crippen molar-refractivity contribution in [2.75, 3.05) is 29.9 Å². The van der Waals surface area contributed by atoms with Crippen LogP contribution in [0.5, 0.6) is 0 Å². The number of aromatic nitrogens is 5. The maximum Gasteiger partial charge on any atom is 0.249 e. The van der Waals surface area contributed by atoms with Crippen molar-refractivity contribution in [1.82, 2.24) is 29.7 Å². The molecule has 0 spiro atoms. The van der Waals surface area contributed by atoms with Gasteiger partial charge in [-0.2, -0.15) is 4.98 Å². The molecule has 1 N–H and O–H groups in total. The monoisotopic (exact) mass is 433 g/mol. The number of nitrogens with zero attached hydrogens (tertiary/aromatic N) is 6. The van der Waals surface area contributed by atoms with Gasteiger partial charge in [-0.05, 0) is 25.0 Å². The van der Waals surface area contributed by atoms with Crippen LogP contribution in [0.4, 0.5) is 5.95 Å². The van der Waals surface area contributed by atoms with Crippen molar-refractivity contribution in [3.8, 4) is 10.7 Å². The number of carbonyl (C=O) groups excluding carboxylic acids is 1. The number of carbonyl (C=O) groups is 1. The molecule has 0 unspecified atom stereocenters. The van der Waals surface area contributed by atoms with E-state index in [4.69, 9.17) is 0 Å². The lowest BCUT2D eigenvalue weighted by Crippen LogP contribution is -2.39. The minimum absolute atomic E-state index is 0.0378. The van der Waals surface area contributed by atoms with Crippen molar-refractivity contribution in [3.05, 3.63) is 23.2 Å². The number of fused-ring (bicyclic) bond motifs is 1. The topological polar surface area (TPSA) is 122 Å². The molecule has 1 amide bonds. The summed E-state index contributed by atoms with van der Waals surface area (Å²) in [7, 11) is -2.90. The van der Waals surface area contributed by atoms with E-state index in [0.29, 0.717) is 30.3 Å². The zero-order valence-corrected chi connectivity index (χ0v) is 17.1. The number of hydrogen-bond acceptors (Lipinski definition) is 9. The van der Waals surface area contributed by atoms with E-state index in [0.717, 1.165) is 23.5 Å². The summed E-state index contributed by atoms with van der Waals surface area (Å²) in [6.07, 6.45) is 1.84. The Labute approximate surface area is 170 Å². The first-order chi connectivity index (χ1) is 14.0. The average molecular weight is 434 g/mol. The van der Waals surface area contributed by atoms with Crippen molar-refractivity contribution in [2.45, 2.75) is 19.4 Å². The Morgan fingerprint density at radius 2 is 2.00 bits per heavy atom. The van der Waals surface area contributed by atoms with Gasteiger partial charge in [0.15, 0.2) is 20.5 Å². The van der Waals surface area contributed by atoms with Crippen LogP contribution < -0.4 is 5.32 Å². The Morgan fingerprint density at radius 1 is 1.21 bits per heavy atom. The molecule has 12 heteroatoms. The smallest absolute Gasteiger partial charge is 0.249 e. The van der Waals surface area contributed by atoms with E-state index in [1.165, 1.54) is 11.3 Å². The highest BCUT2D eigenvalue weighted by molar-refractivity contribution is 7.91. The number of hydrogen-bond donors (Lipinski definition) is 1. The molecule has 0 aromatic carbocycles. The Kier molecular flexibility index (Phi) is 4.56. The zero-order valence-electron chi connectivity index (χ0n) is 15.5. The SMILES string of the molecule is O=C(Nc1nc2cccc(-c3nnc(CN4CCS(=O)(=O)CC4)s3)n2n1)C1CC1. The molecule has 3 aromatic rings. The van der Waals surface area contributed by atoms with Crippen LogP contribution in [-0.2, 0) is 21.2 Å². The third kappa shape index (κ3) is 4.00. The van der Waals surface area contributed by atoms with Crippen molar-refractivity contribution >= 4 is 38.7 Å². The molecule has 152 valence electrons. The van der Waals surface area contributed by atoms with E-state index in [1.54, 1.807) is 4.52 Å². The predicted molar refractivity (Wildman–Crippen MR) is 107 cm³/mol. The largest absolute Gasteiger partial charge is 0.295 e. The maximum absolute atomic E-state index is 12.0. The van der Waals surface area contributed by atoms with E-state index < -0.39 is 9.84 Å². The van der Waals surface area contributed by atoms with Crippen LogP contribution in [-0.4, -0.2) is 68.6 Å². The van der Waals surface area contributed by atoms with E-state index in [1.807, 2.05) is 18.2 Å². The van der Waals surface area contributed by atoms with Gasteiger partial charge in [-0.1, -0.05) is 17.4 Å². The third-order valence-electron chi connectivity index (χ3n) is 5.02. The minimum atomic E-state index is -2.90. The fourth-order valence-corrected chi connectivity index (χ4v) is 5.37. The Morgan fingerprint density at radius 3 is 2.76 bits per heavy atom. The second-order valence-electron chi connectivity index (χ2n) is 7.31. The molecule has 0 bridgehead atoms. The molecule has 1 saturated carbocycles. The van der Waals surface area contributed by atoms with E-state index in [-0.39, 0.29) is 29.3 Å². The number of amides is 1. The molecule has 2 fully saturated rings. The highest BCUT2D eigenvalue weighted by atomic mass is 32.2. The summed E-state index contributed by atoms with van der Waals surface area (Å²) in [6, 6.07) is 5.56. The highest BCUT2D eigenvalue weighted by Crippen LogP contribution is 2.30. The van der Waals surface area contributed by atoms with Crippen LogP contribution in [0.2, 0.25) is 0 Å². The third-order valence-corrected chi connectivity index (χ3v) is 7.56. The fraction of sp³-hybridized carbons (Fsp3) is 0.471. The molecule has 4 heterocycles. The zero-order chi connectivity index (χ0) is 20.0. The first-order valence-electron chi connectivity index (χ1n) is 9.39. The molecule has 5 rings (SSSR count). The molecule has 1 aliphatic carbocycles. The molecule has 2 aliphatic rings. The molecule has 0 radical (unpaired) electrons. The molecule has 1 saturated heterocycles. The number of rotatable bonds is 5. The molecule has 29 heavy (non-hydrogen) atoms. The Hall–Kier alpha value is -2.44. The normalized spacial score (nSPS) is 19.4. The standard InChI is InChI=1S/C17H19N7O3S2/c25-15(11-4-5-11)19-17-18-13-3-1-2-12(24(13)22-17)16-21-20-14(28-16)10-23-6-8-29(26,27)9-7-23/h1-3,11H,4-10H2,(H,19,22,25). The van der Waals surface area contributed by atoms with Crippen LogP contribution in [0.25, 0.3) is 16.3 Å². The lowest BCUT2D eigenvalue weighted by atomic mass is 10.3. The maximum atomic E-state index is 12.0. The quantitative estimate of drug-likeness (QED) is 0.628. The molecule has 3 aromatic heterocycles. The number of anilines is 1. The summed E-state index contributed by atoms with van der Waals surface area (Å²) in [5.74, 6) is 0.702. The predicted octanol–water partition coefficient (Wildman–Crippen LogP) is 0.827. The highest BCUT2D eigenvalue weighted by Gasteiger charge is 2.30. The van der Waals surface area contributed by atoms with Gasteiger partial charge in [0, 0.05) is 19.0 Å². The van der Waals surface area contributed by atoms with Gasteiger partial charge in [-0.15, -0.1) is 15.3 Å². The second kappa shape index (κ2) is 7.11. The van der Waals surface area contributed by atoms with Crippen molar-refractivity contribution < 1.29 is 13.2 Å². The number of pyridine rings is 1. The van der Waals surface area contributed by atoms with Gasteiger partial charge in [0.25, 0.3) is 0 Å². The van der Waals surface area contributed by atoms with E-state index in [2.05, 4.69) is 30.5 Å². The lowest BCUT2D eigenvalue weighted by Gasteiger charge is -2.25. The summed E-state index contributed by atoms with van der Waals surface area (Å²) in [6.45, 7) is 1.60. The van der Waals surface area contributed by atoms with Crippen LogP contribution >= 0.6 is 11.3 Å². The number of sulfone groups is 1. The van der Waals surface area contributed by atoms with Crippen molar-refractivity contribution in [2.24, 2.45) is 5.92 Å². The lowest BCUT2D eigenvalue weighted by molar-refractivity contribution is -0.117. The summed E-state index contributed by atoms with van der Waals surface area (Å²) in [4.78, 5) is 18.4. The second-order valence-corrected chi connectivity index (χ2v) is 10.7. The minimum Gasteiger partial charge on any atom is -0.295 e. The average Bonchev–Trinajstić information content (AvgIpc) is 3.31. The van der Waals surface area contributed by atoms with Crippen molar-refractivity contribution in [3.63, 3.8) is 0 Å². The summed E-state index contributed by atoms with van der Waals surface area (Å²) < 4.78 is 24.8. The Balaban J connectivity index is 1.35. The molecule has 0 atom stereocenters. The fourth-order valence-electron chi connectivity index (χ4n) is 3.20. The van der Waals surface area contributed by atoms with Gasteiger partial charge in [0.1, 0.15) is 10.7 Å². The molecular weight excluding hydrogens is 414 g/mol.